The number of aliphatic hydroxyl groups excluding tert-OH is 2. The van der Waals surface area contributed by atoms with Crippen LogP contribution in [0.2, 0.25) is 0 Å². The molecule has 0 unspecified atom stereocenters. The highest BCUT2D eigenvalue weighted by molar-refractivity contribution is 7.13. The largest absolute Gasteiger partial charge is 0.489 e. The van der Waals surface area contributed by atoms with E-state index in [1.165, 1.54) is 29.8 Å². The zero-order valence-corrected chi connectivity index (χ0v) is 25.1. The summed E-state index contributed by atoms with van der Waals surface area (Å²) in [5.74, 6) is 0.839. The molecule has 13 nitrogen and oxygen atoms in total. The summed E-state index contributed by atoms with van der Waals surface area (Å²) in [4.78, 5) is 40.9. The summed E-state index contributed by atoms with van der Waals surface area (Å²) < 4.78 is 21.1. The van der Waals surface area contributed by atoms with Crippen molar-refractivity contribution in [2.75, 3.05) is 69.5 Å². The lowest BCUT2D eigenvalue weighted by molar-refractivity contribution is 0.0483. The van der Waals surface area contributed by atoms with Gasteiger partial charge in [-0.05, 0) is 20.8 Å². The molecule has 0 spiro atoms. The van der Waals surface area contributed by atoms with E-state index in [1.54, 1.807) is 26.2 Å². The van der Waals surface area contributed by atoms with Crippen LogP contribution in [0, 0.1) is 0 Å². The van der Waals surface area contributed by atoms with Crippen LogP contribution in [-0.4, -0.2) is 106 Å². The maximum atomic E-state index is 11.9. The number of aliphatic hydroxyl groups is 2. The predicted molar refractivity (Wildman–Crippen MR) is 154 cm³/mol. The minimum Gasteiger partial charge on any atom is -0.489 e. The summed E-state index contributed by atoms with van der Waals surface area (Å²) in [6.45, 7) is 8.34. The summed E-state index contributed by atoms with van der Waals surface area (Å²) in [6.07, 6.45) is -0.599. The van der Waals surface area contributed by atoms with Crippen LogP contribution in [0.5, 0.6) is 11.5 Å². The van der Waals surface area contributed by atoms with Gasteiger partial charge in [0, 0.05) is 23.8 Å². The molecule has 15 heteroatoms. The van der Waals surface area contributed by atoms with E-state index in [9.17, 15) is 24.6 Å². The van der Waals surface area contributed by atoms with Crippen LogP contribution >= 0.6 is 22.7 Å². The predicted octanol–water partition coefficient (Wildman–Crippen LogP) is 1.67. The zero-order chi connectivity index (χ0) is 29.7. The minimum atomic E-state index is -0.623. The van der Waals surface area contributed by atoms with E-state index in [1.807, 2.05) is 10.3 Å². The Morgan fingerprint density at radius 2 is 1.83 bits per heavy atom. The van der Waals surface area contributed by atoms with Crippen LogP contribution in [0.4, 0.5) is 16.2 Å². The molecule has 41 heavy (non-hydrogen) atoms. The zero-order valence-electron chi connectivity index (χ0n) is 23.4. The molecule has 0 saturated carbocycles. The number of ether oxygens (including phenoxy) is 4. The first kappa shape index (κ1) is 30.7. The lowest BCUT2D eigenvalue weighted by atomic mass is 10.2. The Morgan fingerprint density at radius 1 is 1.15 bits per heavy atom. The van der Waals surface area contributed by atoms with Crippen molar-refractivity contribution in [3.05, 3.63) is 20.5 Å². The Labute approximate surface area is 245 Å². The molecule has 2 aromatic rings. The fourth-order valence-electron chi connectivity index (χ4n) is 4.55. The molecule has 0 radical (unpaired) electrons. The van der Waals surface area contributed by atoms with Crippen molar-refractivity contribution in [3.8, 4) is 11.5 Å². The third kappa shape index (κ3) is 7.33. The fraction of sp³-hybridized carbons (Fsp3) is 0.577. The lowest BCUT2D eigenvalue weighted by Gasteiger charge is -2.33. The first-order chi connectivity index (χ1) is 19.5. The quantitative estimate of drug-likeness (QED) is 0.352. The maximum absolute atomic E-state index is 11.9. The number of alkyl carbamates (subject to hydrolysis) is 1. The van der Waals surface area contributed by atoms with Crippen LogP contribution in [0.15, 0.2) is 10.8 Å². The summed E-state index contributed by atoms with van der Waals surface area (Å²) in [5.41, 5.74) is 0.902. The first-order valence-electron chi connectivity index (χ1n) is 13.1. The van der Waals surface area contributed by atoms with Gasteiger partial charge in [0.15, 0.2) is 11.5 Å². The summed E-state index contributed by atoms with van der Waals surface area (Å²) in [5, 5.41) is 27.9. The third-order valence-electron chi connectivity index (χ3n) is 6.29. The molecule has 0 fully saturated rings. The van der Waals surface area contributed by atoms with Gasteiger partial charge in [-0.15, -0.1) is 22.7 Å². The van der Waals surface area contributed by atoms with Crippen LogP contribution < -0.4 is 29.9 Å². The number of esters is 1. The van der Waals surface area contributed by atoms with E-state index >= 15 is 0 Å². The fourth-order valence-corrected chi connectivity index (χ4v) is 6.39. The number of hydrogen-bond donors (Lipinski definition) is 4. The van der Waals surface area contributed by atoms with Gasteiger partial charge in [-0.2, -0.15) is 0 Å². The second-order valence-corrected chi connectivity index (χ2v) is 12.3. The van der Waals surface area contributed by atoms with Crippen molar-refractivity contribution in [2.45, 2.75) is 38.5 Å². The number of rotatable bonds is 6. The monoisotopic (exact) mass is 612 g/mol. The topological polar surface area (TPSA) is 159 Å². The van der Waals surface area contributed by atoms with E-state index in [0.29, 0.717) is 54.0 Å². The molecule has 4 N–H and O–H groups in total. The van der Waals surface area contributed by atoms with Crippen LogP contribution in [-0.2, 0) is 9.47 Å². The van der Waals surface area contributed by atoms with Crippen molar-refractivity contribution >= 4 is 52.0 Å². The molecular weight excluding hydrogens is 576 g/mol. The van der Waals surface area contributed by atoms with Crippen LogP contribution in [0.25, 0.3) is 0 Å². The highest BCUT2D eigenvalue weighted by Crippen LogP contribution is 2.42. The number of nitrogens with zero attached hydrogens (tertiary/aromatic N) is 2. The molecule has 0 bridgehead atoms. The summed E-state index contributed by atoms with van der Waals surface area (Å²) >= 11 is 2.64. The van der Waals surface area contributed by atoms with E-state index < -0.39 is 23.7 Å². The highest BCUT2D eigenvalue weighted by atomic mass is 32.1. The van der Waals surface area contributed by atoms with Gasteiger partial charge < -0.3 is 49.6 Å². The van der Waals surface area contributed by atoms with Gasteiger partial charge in [0.2, 0.25) is 0 Å². The van der Waals surface area contributed by atoms with E-state index in [4.69, 9.17) is 18.9 Å². The van der Waals surface area contributed by atoms with Gasteiger partial charge in [0.25, 0.3) is 5.91 Å². The number of carbonyl (C=O) groups excluding carboxylic acids is 3. The van der Waals surface area contributed by atoms with E-state index in [2.05, 4.69) is 15.5 Å². The number of thiophene rings is 2. The number of methoxy groups -OCH3 is 1. The second kappa shape index (κ2) is 13.1. The Hall–Kier alpha value is -3.27. The Morgan fingerprint density at radius 3 is 2.49 bits per heavy atom. The molecule has 5 heterocycles. The molecule has 3 aliphatic heterocycles. The Bertz CT molecular complexity index is 1240. The normalized spacial score (nSPS) is 18.2. The average molecular weight is 613 g/mol. The van der Waals surface area contributed by atoms with Gasteiger partial charge in [-0.1, -0.05) is 0 Å². The van der Waals surface area contributed by atoms with Gasteiger partial charge >= 0.3 is 12.1 Å². The van der Waals surface area contributed by atoms with Gasteiger partial charge in [-0.3, -0.25) is 4.79 Å². The van der Waals surface area contributed by atoms with E-state index in [0.717, 1.165) is 18.0 Å². The minimum absolute atomic E-state index is 0.0344. The van der Waals surface area contributed by atoms with Crippen molar-refractivity contribution in [1.29, 1.82) is 0 Å². The number of amides is 2. The summed E-state index contributed by atoms with van der Waals surface area (Å²) in [7, 11) is 1.32. The van der Waals surface area contributed by atoms with Crippen molar-refractivity contribution in [2.24, 2.45) is 0 Å². The maximum Gasteiger partial charge on any atom is 0.408 e. The summed E-state index contributed by atoms with van der Waals surface area (Å²) in [6, 6.07) is -0.746. The Balaban J connectivity index is 0.000000206. The molecule has 0 aromatic carbocycles. The average Bonchev–Trinajstić information content (AvgIpc) is 3.53. The SMILES string of the molecule is COC(=O)c1scc2c1N(C[C@H](CO)NC(=O)OC(C)(C)C)CCO2.O=C1N[C@@H](CO)CN2CCOc3csc1c32. The number of anilines is 2. The van der Waals surface area contributed by atoms with E-state index in [-0.39, 0.29) is 25.2 Å². The highest BCUT2D eigenvalue weighted by Gasteiger charge is 2.33. The second-order valence-electron chi connectivity index (χ2n) is 10.5. The molecule has 2 atom stereocenters. The Kier molecular flexibility index (Phi) is 9.84. The molecular formula is C26H36N4O9S2. The number of hydrogen-bond acceptors (Lipinski definition) is 13. The molecule has 0 saturated heterocycles. The van der Waals surface area contributed by atoms with Crippen molar-refractivity contribution in [3.63, 3.8) is 0 Å². The molecule has 2 aromatic heterocycles. The number of fused-ring (bicyclic) bond motifs is 1. The smallest absolute Gasteiger partial charge is 0.408 e. The lowest BCUT2D eigenvalue weighted by Crippen LogP contribution is -2.49. The molecule has 0 aliphatic carbocycles. The molecule has 5 rings (SSSR count). The standard InChI is InChI=1S/C16H24N2O6S.C10H12N2O3S/c1-16(2,3)24-15(21)17-10(8-19)7-18-5-6-23-11-9-25-13(12(11)18)14(20)22-4;13-4-6-3-12-1-2-15-7-5-16-9(8(7)12)10(14)11-6/h9-10,19H,5-8H2,1-4H3,(H,17,21);5-6,13H,1-4H2,(H,11,14)/t10-;6-/m11/s1. The van der Waals surface area contributed by atoms with Gasteiger partial charge in [-0.25, -0.2) is 9.59 Å². The number of nitrogens with one attached hydrogen (secondary N) is 2. The van der Waals surface area contributed by atoms with Crippen LogP contribution in [0.1, 0.15) is 40.1 Å². The molecule has 2 amide bonds. The number of carbonyl (C=O) groups is 3. The third-order valence-corrected chi connectivity index (χ3v) is 8.16. The van der Waals surface area contributed by atoms with Crippen molar-refractivity contribution < 1.29 is 43.5 Å². The van der Waals surface area contributed by atoms with Gasteiger partial charge in [0.1, 0.15) is 39.9 Å². The van der Waals surface area contributed by atoms with Crippen molar-refractivity contribution in [1.82, 2.24) is 10.6 Å². The molecule has 226 valence electrons. The molecule has 3 aliphatic rings. The first-order valence-corrected chi connectivity index (χ1v) is 14.9. The van der Waals surface area contributed by atoms with Gasteiger partial charge in [0.05, 0.1) is 45.5 Å². The van der Waals surface area contributed by atoms with Crippen LogP contribution in [0.3, 0.4) is 0 Å².